The lowest BCUT2D eigenvalue weighted by atomic mass is 10.0. The molecule has 1 N–H and O–H groups in total. The summed E-state index contributed by atoms with van der Waals surface area (Å²) in [5.74, 6) is 0.715. The summed E-state index contributed by atoms with van der Waals surface area (Å²) in [6.07, 6.45) is 17.3. The second-order valence-electron chi connectivity index (χ2n) is 6.39. The molecule has 0 aromatic carbocycles. The number of hydroxylamine groups is 1. The zero-order chi connectivity index (χ0) is 15.9. The van der Waals surface area contributed by atoms with E-state index in [0.717, 1.165) is 6.54 Å². The minimum Gasteiger partial charge on any atom is -0.305 e. The number of aromatic nitrogens is 1. The van der Waals surface area contributed by atoms with E-state index in [4.69, 9.17) is 4.84 Å². The molecular weight excluding hydrogens is 272 g/mol. The Kier molecular flexibility index (Phi) is 11.9. The van der Waals surface area contributed by atoms with Crippen molar-refractivity contribution in [1.29, 1.82) is 0 Å². The molecule has 0 aliphatic heterocycles. The molecule has 3 heteroatoms. The summed E-state index contributed by atoms with van der Waals surface area (Å²) in [6.45, 7) is 3.25. The van der Waals surface area contributed by atoms with Crippen molar-refractivity contribution in [2.45, 2.75) is 71.1 Å². The summed E-state index contributed by atoms with van der Waals surface area (Å²) in [5.41, 5.74) is 4.31. The lowest BCUT2D eigenvalue weighted by molar-refractivity contribution is 0.0804. The summed E-state index contributed by atoms with van der Waals surface area (Å²) in [5, 5.41) is 0. The summed E-state index contributed by atoms with van der Waals surface area (Å²) < 4.78 is 0. The van der Waals surface area contributed by atoms with Gasteiger partial charge in [-0.2, -0.15) is 0 Å². The monoisotopic (exact) mass is 306 g/mol. The summed E-state index contributed by atoms with van der Waals surface area (Å²) in [7, 11) is 1.68. The number of aryl methyl sites for hydroxylation is 1. The van der Waals surface area contributed by atoms with Crippen LogP contribution in [0.3, 0.4) is 0 Å². The molecule has 0 saturated heterocycles. The van der Waals surface area contributed by atoms with Crippen LogP contribution in [-0.2, 0) is 11.3 Å². The minimum absolute atomic E-state index is 0.715. The third-order valence-electron chi connectivity index (χ3n) is 4.21. The molecular formula is C19H34N2O. The van der Waals surface area contributed by atoms with Crippen molar-refractivity contribution in [3.63, 3.8) is 0 Å². The van der Waals surface area contributed by atoms with Gasteiger partial charge in [-0.15, -0.1) is 0 Å². The first-order valence-electron chi connectivity index (χ1n) is 8.97. The van der Waals surface area contributed by atoms with Crippen molar-refractivity contribution < 1.29 is 4.84 Å². The summed E-state index contributed by atoms with van der Waals surface area (Å²) in [4.78, 5) is 9.04. The van der Waals surface area contributed by atoms with Gasteiger partial charge in [-0.1, -0.05) is 57.9 Å². The number of hydrogen-bond donors (Lipinski definition) is 1. The molecule has 1 atom stereocenters. The second-order valence-corrected chi connectivity index (χ2v) is 6.39. The Labute approximate surface area is 136 Å². The summed E-state index contributed by atoms with van der Waals surface area (Å²) >= 11 is 0. The highest BCUT2D eigenvalue weighted by Crippen LogP contribution is 2.13. The molecule has 0 spiro atoms. The van der Waals surface area contributed by atoms with Crippen molar-refractivity contribution in [2.75, 3.05) is 13.7 Å². The second kappa shape index (κ2) is 13.7. The maximum Gasteiger partial charge on any atom is 0.0572 e. The molecule has 0 aliphatic rings. The highest BCUT2D eigenvalue weighted by molar-refractivity contribution is 5.08. The molecule has 3 nitrogen and oxygen atoms in total. The van der Waals surface area contributed by atoms with E-state index in [1.165, 1.54) is 69.8 Å². The van der Waals surface area contributed by atoms with E-state index in [9.17, 15) is 0 Å². The van der Waals surface area contributed by atoms with Crippen molar-refractivity contribution in [3.05, 3.63) is 30.1 Å². The topological polar surface area (TPSA) is 34.1 Å². The smallest absolute Gasteiger partial charge is 0.0572 e. The third-order valence-corrected chi connectivity index (χ3v) is 4.21. The van der Waals surface area contributed by atoms with Gasteiger partial charge in [-0.25, -0.2) is 5.48 Å². The zero-order valence-electron chi connectivity index (χ0n) is 14.5. The normalized spacial score (nSPS) is 12.5. The van der Waals surface area contributed by atoms with Crippen LogP contribution >= 0.6 is 0 Å². The van der Waals surface area contributed by atoms with E-state index < -0.39 is 0 Å². The van der Waals surface area contributed by atoms with Crippen molar-refractivity contribution in [2.24, 2.45) is 5.92 Å². The van der Waals surface area contributed by atoms with Crippen molar-refractivity contribution >= 4 is 0 Å². The molecule has 0 aliphatic carbocycles. The quantitative estimate of drug-likeness (QED) is 0.391. The molecule has 0 fully saturated rings. The van der Waals surface area contributed by atoms with Crippen LogP contribution in [0.5, 0.6) is 0 Å². The minimum atomic E-state index is 0.715. The lowest BCUT2D eigenvalue weighted by Crippen LogP contribution is -2.19. The molecule has 0 saturated carbocycles. The predicted octanol–water partition coefficient (Wildman–Crippen LogP) is 4.92. The number of pyridine rings is 1. The van der Waals surface area contributed by atoms with E-state index in [1.54, 1.807) is 7.11 Å². The number of rotatable bonds is 14. The predicted molar refractivity (Wildman–Crippen MR) is 93.7 cm³/mol. The molecule has 0 bridgehead atoms. The van der Waals surface area contributed by atoms with Crippen LogP contribution in [0.25, 0.3) is 0 Å². The Morgan fingerprint density at radius 3 is 2.36 bits per heavy atom. The molecule has 0 unspecified atom stereocenters. The fourth-order valence-corrected chi connectivity index (χ4v) is 2.76. The van der Waals surface area contributed by atoms with Crippen LogP contribution in [0.1, 0.15) is 70.3 Å². The molecule has 1 aromatic heterocycles. The molecule has 1 heterocycles. The van der Waals surface area contributed by atoms with Gasteiger partial charge < -0.3 is 4.84 Å². The fourth-order valence-electron chi connectivity index (χ4n) is 2.76. The van der Waals surface area contributed by atoms with Crippen LogP contribution in [-0.4, -0.2) is 18.6 Å². The van der Waals surface area contributed by atoms with Gasteiger partial charge in [0.05, 0.1) is 7.11 Å². The molecule has 1 rings (SSSR count). The van der Waals surface area contributed by atoms with Crippen LogP contribution in [0.2, 0.25) is 0 Å². The van der Waals surface area contributed by atoms with Gasteiger partial charge in [0.25, 0.3) is 0 Å². The molecule has 22 heavy (non-hydrogen) atoms. The first-order chi connectivity index (χ1) is 10.8. The average molecular weight is 306 g/mol. The van der Waals surface area contributed by atoms with E-state index in [-0.39, 0.29) is 0 Å². The Hall–Kier alpha value is -0.930. The highest BCUT2D eigenvalue weighted by Gasteiger charge is 2.01. The molecule has 1 aromatic rings. The van der Waals surface area contributed by atoms with E-state index in [2.05, 4.69) is 23.5 Å². The van der Waals surface area contributed by atoms with Gasteiger partial charge >= 0.3 is 0 Å². The van der Waals surface area contributed by atoms with Gasteiger partial charge in [0.1, 0.15) is 0 Å². The molecule has 0 amide bonds. The Balaban J connectivity index is 1.80. The van der Waals surface area contributed by atoms with Gasteiger partial charge in [-0.3, -0.25) is 4.98 Å². The maximum absolute atomic E-state index is 4.88. The molecule has 126 valence electrons. The van der Waals surface area contributed by atoms with E-state index in [0.29, 0.717) is 5.92 Å². The number of nitrogens with one attached hydrogen (secondary N) is 1. The largest absolute Gasteiger partial charge is 0.305 e. The van der Waals surface area contributed by atoms with E-state index in [1.807, 2.05) is 18.5 Å². The van der Waals surface area contributed by atoms with Crippen molar-refractivity contribution in [1.82, 2.24) is 10.5 Å². The van der Waals surface area contributed by atoms with Gasteiger partial charge in [0, 0.05) is 18.9 Å². The average Bonchev–Trinajstić information content (AvgIpc) is 2.55. The number of unbranched alkanes of at least 4 members (excludes halogenated alkanes) is 7. The Bertz CT molecular complexity index is 343. The van der Waals surface area contributed by atoms with Gasteiger partial charge in [0.2, 0.25) is 0 Å². The van der Waals surface area contributed by atoms with Crippen LogP contribution < -0.4 is 5.48 Å². The van der Waals surface area contributed by atoms with Gasteiger partial charge in [0.15, 0.2) is 0 Å². The Morgan fingerprint density at radius 1 is 1.05 bits per heavy atom. The fraction of sp³-hybridized carbons (Fsp3) is 0.737. The number of hydrogen-bond acceptors (Lipinski definition) is 3. The maximum atomic E-state index is 4.88. The van der Waals surface area contributed by atoms with Crippen LogP contribution in [0.15, 0.2) is 24.5 Å². The number of nitrogens with zero attached hydrogens (tertiary/aromatic N) is 1. The first-order valence-corrected chi connectivity index (χ1v) is 8.97. The van der Waals surface area contributed by atoms with Crippen LogP contribution in [0, 0.1) is 5.92 Å². The third kappa shape index (κ3) is 10.7. The Morgan fingerprint density at radius 2 is 1.73 bits per heavy atom. The van der Waals surface area contributed by atoms with Crippen LogP contribution in [0.4, 0.5) is 0 Å². The molecule has 0 radical (unpaired) electrons. The van der Waals surface area contributed by atoms with Gasteiger partial charge in [-0.05, 0) is 36.8 Å². The standard InChI is InChI=1S/C19H34N2O/c1-18(16-21-22-2)12-9-7-5-3-4-6-8-10-13-19-14-11-15-20-17-19/h11,14-15,17-18,21H,3-10,12-13,16H2,1-2H3/t18-/m1/s1. The van der Waals surface area contributed by atoms with E-state index >= 15 is 0 Å². The van der Waals surface area contributed by atoms with Crippen molar-refractivity contribution in [3.8, 4) is 0 Å². The summed E-state index contributed by atoms with van der Waals surface area (Å²) in [6, 6.07) is 4.21. The highest BCUT2D eigenvalue weighted by atomic mass is 16.6. The lowest BCUT2D eigenvalue weighted by Gasteiger charge is -2.10. The zero-order valence-corrected chi connectivity index (χ0v) is 14.5. The first kappa shape index (κ1) is 19.1. The SMILES string of the molecule is CONC[C@H](C)CCCCCCCCCCc1cccnc1.